The number of furan rings is 1. The number of aromatic amines is 1. The predicted molar refractivity (Wildman–Crippen MR) is 127 cm³/mol. The van der Waals surface area contributed by atoms with Gasteiger partial charge in [0.25, 0.3) is 0 Å². The number of hydrogen-bond donors (Lipinski definition) is 3. The minimum absolute atomic E-state index is 0. The summed E-state index contributed by atoms with van der Waals surface area (Å²) >= 11 is 0. The molecule has 0 bridgehead atoms. The van der Waals surface area contributed by atoms with Crippen molar-refractivity contribution < 1.29 is 17.6 Å². The zero-order valence-corrected chi connectivity index (χ0v) is 20.1. The van der Waals surface area contributed by atoms with Crippen LogP contribution in [-0.2, 0) is 12.6 Å². The minimum Gasteiger partial charge on any atom is -0.461 e. The van der Waals surface area contributed by atoms with E-state index >= 15 is 0 Å². The second kappa shape index (κ2) is 11.9. The summed E-state index contributed by atoms with van der Waals surface area (Å²) in [5, 5.41) is 13.4. The summed E-state index contributed by atoms with van der Waals surface area (Å²) in [4.78, 5) is 8.54. The number of nitrogens with zero attached hydrogens (tertiary/aromatic N) is 3. The van der Waals surface area contributed by atoms with Crippen molar-refractivity contribution in [2.45, 2.75) is 31.9 Å². The minimum atomic E-state index is -4.33. The first kappa shape index (κ1) is 25.7. The molecule has 1 aromatic carbocycles. The van der Waals surface area contributed by atoms with Crippen LogP contribution >= 0.6 is 24.0 Å². The Morgan fingerprint density at radius 2 is 1.97 bits per heavy atom. The van der Waals surface area contributed by atoms with Crippen molar-refractivity contribution in [1.82, 2.24) is 25.8 Å². The van der Waals surface area contributed by atoms with E-state index in [9.17, 15) is 13.2 Å². The number of aromatic nitrogens is 3. The molecule has 0 spiro atoms. The topological polar surface area (TPSA) is 91.1 Å². The Kier molecular flexibility index (Phi) is 9.54. The lowest BCUT2D eigenvalue weighted by Gasteiger charge is -2.16. The molecule has 7 nitrogen and oxygen atoms in total. The molecule has 11 heteroatoms. The number of guanidine groups is 1. The average Bonchev–Trinajstić information content (AvgIpc) is 3.44. The van der Waals surface area contributed by atoms with Gasteiger partial charge in [0.05, 0.1) is 11.8 Å². The summed E-state index contributed by atoms with van der Waals surface area (Å²) in [6, 6.07) is 9.04. The number of H-pyrrole nitrogens is 1. The van der Waals surface area contributed by atoms with Crippen LogP contribution in [0, 0.1) is 0 Å². The van der Waals surface area contributed by atoms with Crippen LogP contribution in [0.2, 0.25) is 0 Å². The maximum absolute atomic E-state index is 12.9. The number of benzene rings is 1. The first-order chi connectivity index (χ1) is 14.9. The predicted octanol–water partition coefficient (Wildman–Crippen LogP) is 4.60. The molecule has 32 heavy (non-hydrogen) atoms. The van der Waals surface area contributed by atoms with Gasteiger partial charge in [-0.3, -0.25) is 10.1 Å². The lowest BCUT2D eigenvalue weighted by molar-refractivity contribution is -0.137. The number of nitrogens with one attached hydrogen (secondary N) is 3. The van der Waals surface area contributed by atoms with Gasteiger partial charge in [-0.15, -0.1) is 24.0 Å². The summed E-state index contributed by atoms with van der Waals surface area (Å²) < 4.78 is 44.0. The monoisotopic (exact) mass is 562 g/mol. The zero-order valence-electron chi connectivity index (χ0n) is 17.7. The van der Waals surface area contributed by atoms with E-state index in [1.807, 2.05) is 6.92 Å². The van der Waals surface area contributed by atoms with Crippen molar-refractivity contribution in [3.05, 3.63) is 59.6 Å². The van der Waals surface area contributed by atoms with Gasteiger partial charge in [0.15, 0.2) is 11.7 Å². The fourth-order valence-electron chi connectivity index (χ4n) is 3.04. The van der Waals surface area contributed by atoms with Crippen molar-refractivity contribution in [1.29, 1.82) is 0 Å². The summed E-state index contributed by atoms with van der Waals surface area (Å²) in [7, 11) is 1.66. The third kappa shape index (κ3) is 7.24. The fraction of sp³-hybridized carbons (Fsp3) is 0.381. The Balaban J connectivity index is 0.00000363. The van der Waals surface area contributed by atoms with Crippen LogP contribution in [0.15, 0.2) is 52.1 Å². The number of halogens is 4. The van der Waals surface area contributed by atoms with Gasteiger partial charge in [0.1, 0.15) is 5.82 Å². The normalized spacial score (nSPS) is 12.8. The van der Waals surface area contributed by atoms with Gasteiger partial charge in [-0.05, 0) is 36.1 Å². The van der Waals surface area contributed by atoms with Crippen LogP contribution in [0.4, 0.5) is 13.2 Å². The summed E-state index contributed by atoms with van der Waals surface area (Å²) in [5.41, 5.74) is 0.0437. The van der Waals surface area contributed by atoms with Crippen LogP contribution in [0.5, 0.6) is 0 Å². The van der Waals surface area contributed by atoms with Crippen LogP contribution < -0.4 is 10.6 Å². The van der Waals surface area contributed by atoms with E-state index in [1.54, 1.807) is 31.5 Å². The van der Waals surface area contributed by atoms with E-state index < -0.39 is 11.7 Å². The van der Waals surface area contributed by atoms with Gasteiger partial charge in [-0.25, -0.2) is 4.98 Å². The first-order valence-electron chi connectivity index (χ1n) is 9.93. The van der Waals surface area contributed by atoms with Crippen LogP contribution in [0.25, 0.3) is 11.6 Å². The molecule has 0 aliphatic rings. The van der Waals surface area contributed by atoms with E-state index in [1.165, 1.54) is 12.1 Å². The lowest BCUT2D eigenvalue weighted by atomic mass is 9.96. The van der Waals surface area contributed by atoms with Gasteiger partial charge >= 0.3 is 6.18 Å². The molecule has 0 fully saturated rings. The molecular formula is C21H26F3IN6O. The molecular weight excluding hydrogens is 536 g/mol. The Morgan fingerprint density at radius 3 is 2.66 bits per heavy atom. The second-order valence-electron chi connectivity index (χ2n) is 7.07. The SMILES string of the molecule is CN=C(NCCc1nc(-c2ccco2)n[nH]1)NCCC(C)c1cccc(C(F)(F)F)c1.I. The molecule has 0 aliphatic carbocycles. The van der Waals surface area contributed by atoms with E-state index in [0.29, 0.717) is 54.9 Å². The van der Waals surface area contributed by atoms with Crippen molar-refractivity contribution in [3.8, 4) is 11.6 Å². The maximum atomic E-state index is 12.9. The van der Waals surface area contributed by atoms with Crippen molar-refractivity contribution in [2.24, 2.45) is 4.99 Å². The fourth-order valence-corrected chi connectivity index (χ4v) is 3.04. The smallest absolute Gasteiger partial charge is 0.416 e. The first-order valence-corrected chi connectivity index (χ1v) is 9.93. The summed E-state index contributed by atoms with van der Waals surface area (Å²) in [6.45, 7) is 3.06. The average molecular weight is 562 g/mol. The number of aliphatic imine (C=N–C) groups is 1. The van der Waals surface area contributed by atoms with Crippen molar-refractivity contribution in [2.75, 3.05) is 20.1 Å². The third-order valence-corrected chi connectivity index (χ3v) is 4.80. The maximum Gasteiger partial charge on any atom is 0.416 e. The molecule has 1 atom stereocenters. The third-order valence-electron chi connectivity index (χ3n) is 4.80. The highest BCUT2D eigenvalue weighted by Gasteiger charge is 2.30. The number of rotatable bonds is 8. The molecule has 0 aliphatic heterocycles. The van der Waals surface area contributed by atoms with Gasteiger partial charge in [0.2, 0.25) is 5.82 Å². The molecule has 2 heterocycles. The Labute approximate surface area is 201 Å². The molecule has 3 aromatic rings. The van der Waals surface area contributed by atoms with E-state index in [-0.39, 0.29) is 29.9 Å². The van der Waals surface area contributed by atoms with Crippen molar-refractivity contribution in [3.63, 3.8) is 0 Å². The highest BCUT2D eigenvalue weighted by molar-refractivity contribution is 14.0. The lowest BCUT2D eigenvalue weighted by Crippen LogP contribution is -2.39. The van der Waals surface area contributed by atoms with Gasteiger partial charge in [-0.1, -0.05) is 25.1 Å². The number of hydrogen-bond acceptors (Lipinski definition) is 4. The standard InChI is InChI=1S/C21H25F3N6O.HI/c1-14(15-5-3-6-16(13-15)21(22,23)24)8-10-26-20(25-2)27-11-9-18-28-19(30-29-18)17-7-4-12-31-17;/h3-7,12-14H,8-11H2,1-2H3,(H2,25,26,27)(H,28,29,30);1H. The Bertz CT molecular complexity index is 988. The molecule has 1 unspecified atom stereocenters. The molecule has 0 radical (unpaired) electrons. The van der Waals surface area contributed by atoms with E-state index in [0.717, 1.165) is 6.07 Å². The van der Waals surface area contributed by atoms with Gasteiger partial charge in [-0.2, -0.15) is 18.3 Å². The summed E-state index contributed by atoms with van der Waals surface area (Å²) in [6.07, 6.45) is -1.50. The van der Waals surface area contributed by atoms with Crippen molar-refractivity contribution >= 4 is 29.9 Å². The molecule has 0 saturated carbocycles. The Hall–Kier alpha value is -2.57. The zero-order chi connectivity index (χ0) is 22.3. The van der Waals surface area contributed by atoms with Crippen LogP contribution in [-0.4, -0.2) is 41.3 Å². The van der Waals surface area contributed by atoms with E-state index in [2.05, 4.69) is 30.8 Å². The van der Waals surface area contributed by atoms with Gasteiger partial charge < -0.3 is 15.1 Å². The molecule has 174 valence electrons. The molecule has 3 N–H and O–H groups in total. The van der Waals surface area contributed by atoms with E-state index in [4.69, 9.17) is 4.42 Å². The highest BCUT2D eigenvalue weighted by atomic mass is 127. The second-order valence-corrected chi connectivity index (χ2v) is 7.07. The largest absolute Gasteiger partial charge is 0.461 e. The van der Waals surface area contributed by atoms with Gasteiger partial charge in [0, 0.05) is 26.6 Å². The molecule has 0 saturated heterocycles. The van der Waals surface area contributed by atoms with Crippen LogP contribution in [0.1, 0.15) is 36.2 Å². The molecule has 0 amide bonds. The molecule has 3 rings (SSSR count). The quantitative estimate of drug-likeness (QED) is 0.212. The Morgan fingerprint density at radius 1 is 1.19 bits per heavy atom. The van der Waals surface area contributed by atoms with Crippen LogP contribution in [0.3, 0.4) is 0 Å². The highest BCUT2D eigenvalue weighted by Crippen LogP contribution is 2.31. The summed E-state index contributed by atoms with van der Waals surface area (Å²) in [5.74, 6) is 2.41. The number of alkyl halides is 3. The molecule has 2 aromatic heterocycles.